The zero-order valence-corrected chi connectivity index (χ0v) is 13.9. The molecule has 0 radical (unpaired) electrons. The fourth-order valence-corrected chi connectivity index (χ4v) is 3.12. The molecule has 2 aromatic rings. The predicted molar refractivity (Wildman–Crippen MR) is 89.4 cm³/mol. The van der Waals surface area contributed by atoms with E-state index in [1.807, 2.05) is 31.2 Å². The van der Waals surface area contributed by atoms with Crippen LogP contribution < -0.4 is 10.6 Å². The second-order valence-electron chi connectivity index (χ2n) is 4.43. The molecule has 116 valence electrons. The molecule has 2 rings (SSSR count). The Labute approximate surface area is 136 Å². The number of anilines is 2. The van der Waals surface area contributed by atoms with Crippen molar-refractivity contribution in [2.45, 2.75) is 24.6 Å². The van der Waals surface area contributed by atoms with Crippen LogP contribution in [0.4, 0.5) is 10.8 Å². The maximum Gasteiger partial charge on any atom is 0.234 e. The first-order valence-electron chi connectivity index (χ1n) is 6.70. The molecule has 0 bridgehead atoms. The SMILES string of the molecule is CCC(=O)Nc1nnc(SCC(=O)Nc2ccccc2C)s1. The average Bonchev–Trinajstić information content (AvgIpc) is 2.95. The summed E-state index contributed by atoms with van der Waals surface area (Å²) in [4.78, 5) is 23.2. The summed E-state index contributed by atoms with van der Waals surface area (Å²) >= 11 is 2.55. The summed E-state index contributed by atoms with van der Waals surface area (Å²) in [7, 11) is 0. The number of hydrogen-bond acceptors (Lipinski definition) is 6. The Kier molecular flexibility index (Phi) is 5.91. The van der Waals surface area contributed by atoms with Gasteiger partial charge in [-0.15, -0.1) is 10.2 Å². The van der Waals surface area contributed by atoms with Crippen molar-refractivity contribution in [2.75, 3.05) is 16.4 Å². The molecule has 0 aliphatic heterocycles. The standard InChI is InChI=1S/C14H16N4O2S2/c1-3-11(19)16-13-17-18-14(22-13)21-8-12(20)15-10-7-5-4-6-9(10)2/h4-7H,3,8H2,1-2H3,(H,15,20)(H,16,17,19). The van der Waals surface area contributed by atoms with Gasteiger partial charge in [0.05, 0.1) is 5.75 Å². The van der Waals surface area contributed by atoms with E-state index in [9.17, 15) is 9.59 Å². The highest BCUT2D eigenvalue weighted by Crippen LogP contribution is 2.25. The van der Waals surface area contributed by atoms with E-state index in [-0.39, 0.29) is 17.6 Å². The molecular formula is C14H16N4O2S2. The van der Waals surface area contributed by atoms with Gasteiger partial charge < -0.3 is 10.6 Å². The monoisotopic (exact) mass is 336 g/mol. The Morgan fingerprint density at radius 1 is 1.18 bits per heavy atom. The third kappa shape index (κ3) is 4.81. The highest BCUT2D eigenvalue weighted by molar-refractivity contribution is 8.01. The lowest BCUT2D eigenvalue weighted by molar-refractivity contribution is -0.116. The van der Waals surface area contributed by atoms with Crippen LogP contribution in [0.2, 0.25) is 0 Å². The third-order valence-electron chi connectivity index (χ3n) is 2.72. The van der Waals surface area contributed by atoms with Crippen LogP contribution in [0, 0.1) is 6.92 Å². The summed E-state index contributed by atoms with van der Waals surface area (Å²) in [5.74, 6) is 0.0312. The van der Waals surface area contributed by atoms with Crippen LogP contribution in [0.1, 0.15) is 18.9 Å². The molecule has 1 heterocycles. The molecule has 0 saturated heterocycles. The zero-order valence-electron chi connectivity index (χ0n) is 12.3. The minimum absolute atomic E-state index is 0.103. The van der Waals surface area contributed by atoms with Crippen molar-refractivity contribution in [3.05, 3.63) is 29.8 Å². The quantitative estimate of drug-likeness (QED) is 0.626. The Balaban J connectivity index is 1.84. The van der Waals surface area contributed by atoms with Crippen molar-refractivity contribution in [3.8, 4) is 0 Å². The van der Waals surface area contributed by atoms with Gasteiger partial charge in [0, 0.05) is 12.1 Å². The normalized spacial score (nSPS) is 10.3. The van der Waals surface area contributed by atoms with E-state index >= 15 is 0 Å². The molecule has 0 aliphatic carbocycles. The van der Waals surface area contributed by atoms with Crippen LogP contribution in [0.15, 0.2) is 28.6 Å². The van der Waals surface area contributed by atoms with E-state index in [0.29, 0.717) is 15.9 Å². The van der Waals surface area contributed by atoms with E-state index in [4.69, 9.17) is 0 Å². The zero-order chi connectivity index (χ0) is 15.9. The van der Waals surface area contributed by atoms with Gasteiger partial charge in [0.25, 0.3) is 0 Å². The molecule has 2 amide bonds. The fourth-order valence-electron chi connectivity index (χ4n) is 1.55. The summed E-state index contributed by atoms with van der Waals surface area (Å²) < 4.78 is 0.645. The van der Waals surface area contributed by atoms with Gasteiger partial charge in [0.1, 0.15) is 0 Å². The van der Waals surface area contributed by atoms with Crippen molar-refractivity contribution < 1.29 is 9.59 Å². The summed E-state index contributed by atoms with van der Waals surface area (Å²) in [6.45, 7) is 3.71. The van der Waals surface area contributed by atoms with Crippen LogP contribution >= 0.6 is 23.1 Å². The second-order valence-corrected chi connectivity index (χ2v) is 6.63. The lowest BCUT2D eigenvalue weighted by Crippen LogP contribution is -2.14. The molecule has 0 atom stereocenters. The molecule has 6 nitrogen and oxygen atoms in total. The smallest absolute Gasteiger partial charge is 0.234 e. The first-order chi connectivity index (χ1) is 10.6. The molecule has 1 aromatic carbocycles. The Bertz CT molecular complexity index is 672. The van der Waals surface area contributed by atoms with Crippen LogP contribution in [0.5, 0.6) is 0 Å². The number of para-hydroxylation sites is 1. The van der Waals surface area contributed by atoms with E-state index in [1.165, 1.54) is 23.1 Å². The Morgan fingerprint density at radius 2 is 1.95 bits per heavy atom. The molecule has 0 unspecified atom stereocenters. The topological polar surface area (TPSA) is 84.0 Å². The number of hydrogen-bond donors (Lipinski definition) is 2. The number of carbonyl (C=O) groups excluding carboxylic acids is 2. The number of benzene rings is 1. The first-order valence-corrected chi connectivity index (χ1v) is 8.50. The van der Waals surface area contributed by atoms with E-state index in [2.05, 4.69) is 20.8 Å². The average molecular weight is 336 g/mol. The van der Waals surface area contributed by atoms with Crippen molar-refractivity contribution in [2.24, 2.45) is 0 Å². The molecule has 2 N–H and O–H groups in total. The highest BCUT2D eigenvalue weighted by Gasteiger charge is 2.10. The highest BCUT2D eigenvalue weighted by atomic mass is 32.2. The molecule has 22 heavy (non-hydrogen) atoms. The lowest BCUT2D eigenvalue weighted by atomic mass is 10.2. The molecule has 8 heteroatoms. The van der Waals surface area contributed by atoms with Gasteiger partial charge in [-0.25, -0.2) is 0 Å². The van der Waals surface area contributed by atoms with E-state index in [1.54, 1.807) is 6.92 Å². The van der Waals surface area contributed by atoms with E-state index < -0.39 is 0 Å². The van der Waals surface area contributed by atoms with Crippen LogP contribution in [0.25, 0.3) is 0 Å². The van der Waals surface area contributed by atoms with Gasteiger partial charge >= 0.3 is 0 Å². The molecule has 0 saturated carbocycles. The largest absolute Gasteiger partial charge is 0.325 e. The predicted octanol–water partition coefficient (Wildman–Crippen LogP) is 2.93. The Morgan fingerprint density at radius 3 is 2.68 bits per heavy atom. The van der Waals surface area contributed by atoms with Crippen LogP contribution in [0.3, 0.4) is 0 Å². The maximum atomic E-state index is 11.9. The number of carbonyl (C=O) groups is 2. The number of aromatic nitrogens is 2. The van der Waals surface area contributed by atoms with Gasteiger partial charge in [-0.3, -0.25) is 9.59 Å². The van der Waals surface area contributed by atoms with Crippen molar-refractivity contribution >= 4 is 45.7 Å². The summed E-state index contributed by atoms with van der Waals surface area (Å²) in [6.07, 6.45) is 0.390. The van der Waals surface area contributed by atoms with Gasteiger partial charge in [-0.05, 0) is 18.6 Å². The van der Waals surface area contributed by atoms with Gasteiger partial charge in [-0.1, -0.05) is 48.2 Å². The maximum absolute atomic E-state index is 11.9. The number of nitrogens with zero attached hydrogens (tertiary/aromatic N) is 2. The Hall–Kier alpha value is -1.93. The van der Waals surface area contributed by atoms with Crippen LogP contribution in [-0.4, -0.2) is 27.8 Å². The fraction of sp³-hybridized carbons (Fsp3) is 0.286. The minimum atomic E-state index is -0.106. The molecular weight excluding hydrogens is 320 g/mol. The third-order valence-corrected chi connectivity index (χ3v) is 4.69. The summed E-state index contributed by atoms with van der Waals surface area (Å²) in [5.41, 5.74) is 1.82. The van der Waals surface area contributed by atoms with Crippen LogP contribution in [-0.2, 0) is 9.59 Å². The minimum Gasteiger partial charge on any atom is -0.325 e. The van der Waals surface area contributed by atoms with E-state index in [0.717, 1.165) is 11.3 Å². The van der Waals surface area contributed by atoms with Gasteiger partial charge in [0.15, 0.2) is 4.34 Å². The molecule has 0 spiro atoms. The molecule has 1 aromatic heterocycles. The molecule has 0 fully saturated rings. The van der Waals surface area contributed by atoms with Gasteiger partial charge in [-0.2, -0.15) is 0 Å². The number of thioether (sulfide) groups is 1. The van der Waals surface area contributed by atoms with Crippen molar-refractivity contribution in [3.63, 3.8) is 0 Å². The van der Waals surface area contributed by atoms with Crippen molar-refractivity contribution in [1.82, 2.24) is 10.2 Å². The lowest BCUT2D eigenvalue weighted by Gasteiger charge is -2.06. The number of amides is 2. The second kappa shape index (κ2) is 7.90. The van der Waals surface area contributed by atoms with Crippen molar-refractivity contribution in [1.29, 1.82) is 0 Å². The summed E-state index contributed by atoms with van der Waals surface area (Å²) in [6, 6.07) is 7.60. The number of nitrogens with one attached hydrogen (secondary N) is 2. The van der Waals surface area contributed by atoms with Gasteiger partial charge in [0.2, 0.25) is 16.9 Å². The first kappa shape index (κ1) is 16.4. The number of aryl methyl sites for hydroxylation is 1. The number of rotatable bonds is 6. The molecule has 0 aliphatic rings. The summed E-state index contributed by atoms with van der Waals surface area (Å²) in [5, 5.41) is 13.7.